The van der Waals surface area contributed by atoms with E-state index in [0.29, 0.717) is 12.8 Å². The lowest BCUT2D eigenvalue weighted by Crippen LogP contribution is -2.41. The van der Waals surface area contributed by atoms with Gasteiger partial charge in [-0.2, -0.15) is 18.3 Å². The molecule has 6 nitrogen and oxygen atoms in total. The Hall–Kier alpha value is -2.58. The molecule has 0 saturated heterocycles. The van der Waals surface area contributed by atoms with Crippen molar-refractivity contribution in [1.29, 1.82) is 0 Å². The highest BCUT2D eigenvalue weighted by Gasteiger charge is 2.37. The average molecular weight is 382 g/mol. The maximum Gasteiger partial charge on any atom is 0.416 e. The van der Waals surface area contributed by atoms with Crippen LogP contribution in [0.2, 0.25) is 0 Å². The average Bonchev–Trinajstić information content (AvgIpc) is 2.88. The van der Waals surface area contributed by atoms with Crippen LogP contribution in [-0.4, -0.2) is 26.7 Å². The molecule has 0 radical (unpaired) electrons. The van der Waals surface area contributed by atoms with Crippen LogP contribution < -0.4 is 11.0 Å². The number of carbonyl (C=O) groups is 1. The van der Waals surface area contributed by atoms with Gasteiger partial charge in [0.15, 0.2) is 0 Å². The topological polar surface area (TPSA) is 79.8 Å². The molecule has 0 unspecified atom stereocenters. The van der Waals surface area contributed by atoms with E-state index in [-0.39, 0.29) is 12.1 Å². The third-order valence-electron chi connectivity index (χ3n) is 4.96. The molecule has 0 bridgehead atoms. The molecule has 1 amide bonds. The van der Waals surface area contributed by atoms with E-state index in [9.17, 15) is 22.8 Å². The number of hydrogen-bond donors (Lipinski definition) is 2. The molecule has 27 heavy (non-hydrogen) atoms. The molecular weight excluding hydrogens is 361 g/mol. The fourth-order valence-electron chi connectivity index (χ4n) is 3.72. The number of aromatic nitrogens is 3. The van der Waals surface area contributed by atoms with Crippen molar-refractivity contribution in [3.8, 4) is 0 Å². The molecule has 1 saturated carbocycles. The lowest BCUT2D eigenvalue weighted by molar-refractivity contribution is -0.138. The van der Waals surface area contributed by atoms with Gasteiger partial charge < -0.3 is 5.32 Å². The number of amides is 1. The van der Waals surface area contributed by atoms with Crippen molar-refractivity contribution in [2.24, 2.45) is 0 Å². The van der Waals surface area contributed by atoms with Gasteiger partial charge in [0, 0.05) is 12.0 Å². The Morgan fingerprint density at radius 3 is 2.67 bits per heavy atom. The number of nitrogens with one attached hydrogen (secondary N) is 2. The first-order valence-electron chi connectivity index (χ1n) is 8.91. The molecular formula is C18H21F3N4O2. The molecule has 0 spiro atoms. The Balaban J connectivity index is 1.83. The number of nitrogens with zero attached hydrogens (tertiary/aromatic N) is 2. The summed E-state index contributed by atoms with van der Waals surface area (Å²) in [5.41, 5.74) is -0.940. The zero-order valence-corrected chi connectivity index (χ0v) is 14.6. The second-order valence-corrected chi connectivity index (χ2v) is 6.79. The van der Waals surface area contributed by atoms with Gasteiger partial charge in [-0.3, -0.25) is 9.36 Å². The van der Waals surface area contributed by atoms with E-state index in [2.05, 4.69) is 15.5 Å². The van der Waals surface area contributed by atoms with E-state index in [1.54, 1.807) is 6.07 Å². The van der Waals surface area contributed by atoms with Crippen LogP contribution in [0.1, 0.15) is 49.1 Å². The van der Waals surface area contributed by atoms with Crippen LogP contribution in [0.25, 0.3) is 0 Å². The molecule has 3 rings (SSSR count). The maximum atomic E-state index is 13.5. The van der Waals surface area contributed by atoms with Gasteiger partial charge in [-0.15, -0.1) is 0 Å². The van der Waals surface area contributed by atoms with Crippen molar-refractivity contribution in [3.05, 3.63) is 52.2 Å². The van der Waals surface area contributed by atoms with Crippen LogP contribution in [0.4, 0.5) is 13.2 Å². The first kappa shape index (κ1) is 19.2. The number of carbonyl (C=O) groups excluding carboxylic acids is 1. The Kier molecular flexibility index (Phi) is 5.67. The number of halogens is 3. The van der Waals surface area contributed by atoms with Crippen LogP contribution in [0.3, 0.4) is 0 Å². The third-order valence-corrected chi connectivity index (χ3v) is 4.96. The second kappa shape index (κ2) is 7.98. The highest BCUT2D eigenvalue weighted by atomic mass is 19.4. The summed E-state index contributed by atoms with van der Waals surface area (Å²) in [5.74, 6) is -0.838. The molecule has 1 aliphatic carbocycles. The molecule has 1 aromatic heterocycles. The van der Waals surface area contributed by atoms with Crippen LogP contribution in [-0.2, 0) is 17.5 Å². The van der Waals surface area contributed by atoms with Crippen molar-refractivity contribution in [2.45, 2.75) is 56.8 Å². The molecule has 0 aliphatic heterocycles. The Labute approximate surface area is 153 Å². The number of H-pyrrole nitrogens is 1. The summed E-state index contributed by atoms with van der Waals surface area (Å²) in [4.78, 5) is 23.8. The van der Waals surface area contributed by atoms with Crippen molar-refractivity contribution < 1.29 is 18.0 Å². The van der Waals surface area contributed by atoms with Crippen LogP contribution in [0, 0.1) is 0 Å². The number of aromatic amines is 1. The number of rotatable bonds is 4. The van der Waals surface area contributed by atoms with Gasteiger partial charge in [-0.1, -0.05) is 37.5 Å². The first-order valence-corrected chi connectivity index (χ1v) is 8.91. The van der Waals surface area contributed by atoms with Gasteiger partial charge in [-0.25, -0.2) is 9.89 Å². The number of alkyl halides is 3. The Morgan fingerprint density at radius 2 is 1.96 bits per heavy atom. The van der Waals surface area contributed by atoms with E-state index in [1.807, 2.05) is 0 Å². The van der Waals surface area contributed by atoms with Crippen molar-refractivity contribution >= 4 is 5.91 Å². The van der Waals surface area contributed by atoms with Crippen molar-refractivity contribution in [3.63, 3.8) is 0 Å². The van der Waals surface area contributed by atoms with E-state index in [4.69, 9.17) is 0 Å². The largest absolute Gasteiger partial charge is 0.416 e. The minimum Gasteiger partial charge on any atom is -0.351 e. The molecule has 1 aromatic carbocycles. The second-order valence-electron chi connectivity index (χ2n) is 6.79. The summed E-state index contributed by atoms with van der Waals surface area (Å²) >= 11 is 0. The predicted octanol–water partition coefficient (Wildman–Crippen LogP) is 2.82. The molecule has 1 heterocycles. The van der Waals surface area contributed by atoms with Crippen molar-refractivity contribution in [1.82, 2.24) is 20.1 Å². The van der Waals surface area contributed by atoms with Gasteiger partial charge in [-0.05, 0) is 24.5 Å². The van der Waals surface area contributed by atoms with Gasteiger partial charge in [0.1, 0.15) is 12.9 Å². The summed E-state index contributed by atoms with van der Waals surface area (Å²) in [6.07, 6.45) is 0.504. The van der Waals surface area contributed by atoms with E-state index >= 15 is 0 Å². The lowest BCUT2D eigenvalue weighted by atomic mass is 9.84. The fraction of sp³-hybridized carbons (Fsp3) is 0.500. The summed E-state index contributed by atoms with van der Waals surface area (Å²) in [6.45, 7) is -0.223. The summed E-state index contributed by atoms with van der Waals surface area (Å²) in [7, 11) is 0. The van der Waals surface area contributed by atoms with E-state index in [1.165, 1.54) is 18.5 Å². The quantitative estimate of drug-likeness (QED) is 0.798. The van der Waals surface area contributed by atoms with Crippen LogP contribution in [0.15, 0.2) is 35.4 Å². The molecule has 1 aliphatic rings. The number of hydrogen-bond acceptors (Lipinski definition) is 3. The standard InChI is InChI=1S/C18H21F3N4O2/c19-18(20,21)14-8-5-4-6-12(14)13-7-2-1-3-9-15(13)23-16(26)10-25-11-22-24-17(25)27/h4-6,8,11,13,15H,1-3,7,9-10H2,(H,23,26)(H,24,27)/t13-,15+/m1/s1. The highest BCUT2D eigenvalue weighted by Crippen LogP contribution is 2.40. The normalized spacial score (nSPS) is 20.9. The van der Waals surface area contributed by atoms with E-state index in [0.717, 1.165) is 29.9 Å². The van der Waals surface area contributed by atoms with Gasteiger partial charge in [0.2, 0.25) is 5.91 Å². The molecule has 146 valence electrons. The number of benzene rings is 1. The lowest BCUT2D eigenvalue weighted by Gasteiger charge is -2.29. The zero-order valence-electron chi connectivity index (χ0n) is 14.6. The van der Waals surface area contributed by atoms with Crippen LogP contribution >= 0.6 is 0 Å². The van der Waals surface area contributed by atoms with Crippen LogP contribution in [0.5, 0.6) is 0 Å². The summed E-state index contributed by atoms with van der Waals surface area (Å²) < 4.78 is 41.5. The molecule has 2 N–H and O–H groups in total. The van der Waals surface area contributed by atoms with E-state index < -0.39 is 35.3 Å². The smallest absolute Gasteiger partial charge is 0.351 e. The minimum absolute atomic E-state index is 0.220. The van der Waals surface area contributed by atoms with Gasteiger partial charge >= 0.3 is 11.9 Å². The first-order chi connectivity index (χ1) is 12.9. The predicted molar refractivity (Wildman–Crippen MR) is 92.0 cm³/mol. The molecule has 2 aromatic rings. The van der Waals surface area contributed by atoms with Gasteiger partial charge in [0.05, 0.1) is 5.56 Å². The summed E-state index contributed by atoms with van der Waals surface area (Å²) in [5, 5.41) is 8.60. The zero-order chi connectivity index (χ0) is 19.4. The molecule has 1 fully saturated rings. The molecule has 2 atom stereocenters. The SMILES string of the molecule is O=C(Cn1cn[nH]c1=O)N[C@H]1CCCCC[C@@H]1c1ccccc1C(F)(F)F. The maximum absolute atomic E-state index is 13.5. The Morgan fingerprint density at radius 1 is 1.22 bits per heavy atom. The highest BCUT2D eigenvalue weighted by molar-refractivity contribution is 5.76. The Bertz CT molecular complexity index is 843. The molecule has 9 heteroatoms. The third kappa shape index (κ3) is 4.58. The van der Waals surface area contributed by atoms with Crippen molar-refractivity contribution in [2.75, 3.05) is 0 Å². The minimum atomic E-state index is -4.44. The van der Waals surface area contributed by atoms with Gasteiger partial charge in [0.25, 0.3) is 0 Å². The summed E-state index contributed by atoms with van der Waals surface area (Å²) in [6, 6.07) is 5.15. The monoisotopic (exact) mass is 382 g/mol. The fourth-order valence-corrected chi connectivity index (χ4v) is 3.72.